The summed E-state index contributed by atoms with van der Waals surface area (Å²) in [6.45, 7) is 2.78. The molecular formula is C22H18ClNO4S. The summed E-state index contributed by atoms with van der Waals surface area (Å²) in [4.78, 5) is 16.0. The van der Waals surface area contributed by atoms with E-state index >= 15 is 0 Å². The van der Waals surface area contributed by atoms with E-state index in [9.17, 15) is 4.79 Å². The number of rotatable bonds is 5. The number of carbonyl (C=O) groups is 1. The number of β-lactam (4-membered cyclic amide) rings is 1. The normalized spacial score (nSPS) is 19.9. The number of thiophene rings is 1. The molecular weight excluding hydrogens is 410 g/mol. The lowest BCUT2D eigenvalue weighted by molar-refractivity contribution is -0.165. The van der Waals surface area contributed by atoms with E-state index in [-0.39, 0.29) is 18.7 Å². The van der Waals surface area contributed by atoms with Gasteiger partial charge in [-0.05, 0) is 65.9 Å². The predicted molar refractivity (Wildman–Crippen MR) is 111 cm³/mol. The van der Waals surface area contributed by atoms with Crippen molar-refractivity contribution in [2.45, 2.75) is 25.6 Å². The fourth-order valence-electron chi connectivity index (χ4n) is 3.67. The molecule has 1 fully saturated rings. The van der Waals surface area contributed by atoms with Gasteiger partial charge in [0.15, 0.2) is 11.5 Å². The Labute approximate surface area is 177 Å². The van der Waals surface area contributed by atoms with Crippen LogP contribution in [0.1, 0.15) is 22.0 Å². The number of halogens is 1. The van der Waals surface area contributed by atoms with Crippen LogP contribution >= 0.6 is 22.9 Å². The van der Waals surface area contributed by atoms with E-state index in [1.54, 1.807) is 35.6 Å². The first-order chi connectivity index (χ1) is 14.1. The van der Waals surface area contributed by atoms with Crippen LogP contribution < -0.4 is 14.2 Å². The molecule has 5 rings (SSSR count). The van der Waals surface area contributed by atoms with E-state index < -0.39 is 6.10 Å². The van der Waals surface area contributed by atoms with Gasteiger partial charge in [0.25, 0.3) is 5.91 Å². The van der Waals surface area contributed by atoms with Gasteiger partial charge in [0.2, 0.25) is 12.9 Å². The summed E-state index contributed by atoms with van der Waals surface area (Å²) < 4.78 is 16.9. The fourth-order valence-corrected chi connectivity index (χ4v) is 4.86. The van der Waals surface area contributed by atoms with Crippen LogP contribution in [0.25, 0.3) is 0 Å². The Morgan fingerprint density at radius 1 is 1.14 bits per heavy atom. The molecule has 0 N–H and O–H groups in total. The maximum Gasteiger partial charge on any atom is 0.267 e. The van der Waals surface area contributed by atoms with Gasteiger partial charge in [-0.2, -0.15) is 0 Å². The molecule has 1 aromatic heterocycles. The summed E-state index contributed by atoms with van der Waals surface area (Å²) in [6.07, 6.45) is -0.553. The highest BCUT2D eigenvalue weighted by atomic mass is 35.5. The van der Waals surface area contributed by atoms with Crippen LogP contribution in [0.3, 0.4) is 0 Å². The van der Waals surface area contributed by atoms with Gasteiger partial charge in [-0.1, -0.05) is 17.7 Å². The maximum absolute atomic E-state index is 13.0. The van der Waals surface area contributed by atoms with Gasteiger partial charge in [0, 0.05) is 16.4 Å². The second-order valence-corrected chi connectivity index (χ2v) is 8.44. The Bertz CT molecular complexity index is 1060. The molecule has 2 aliphatic rings. The van der Waals surface area contributed by atoms with Crippen LogP contribution in [-0.4, -0.2) is 23.7 Å². The molecule has 29 heavy (non-hydrogen) atoms. The first-order valence-corrected chi connectivity index (χ1v) is 10.5. The number of fused-ring (bicyclic) bond motifs is 1. The molecule has 5 nitrogen and oxygen atoms in total. The molecule has 1 amide bonds. The molecule has 0 radical (unpaired) electrons. The van der Waals surface area contributed by atoms with Crippen LogP contribution in [0.5, 0.6) is 17.2 Å². The lowest BCUT2D eigenvalue weighted by atomic mass is 9.93. The number of hydrogen-bond donors (Lipinski definition) is 0. The quantitative estimate of drug-likeness (QED) is 0.539. The molecule has 2 aromatic carbocycles. The number of carbonyl (C=O) groups excluding carboxylic acids is 1. The first-order valence-electron chi connectivity index (χ1n) is 9.25. The van der Waals surface area contributed by atoms with E-state index in [0.29, 0.717) is 23.1 Å². The molecule has 148 valence electrons. The Hall–Kier alpha value is -2.70. The van der Waals surface area contributed by atoms with Crippen molar-refractivity contribution in [3.8, 4) is 17.2 Å². The summed E-state index contributed by atoms with van der Waals surface area (Å²) in [7, 11) is 0. The minimum atomic E-state index is -0.553. The van der Waals surface area contributed by atoms with Crippen molar-refractivity contribution < 1.29 is 19.0 Å². The molecule has 2 atom stereocenters. The van der Waals surface area contributed by atoms with Crippen molar-refractivity contribution in [1.82, 2.24) is 4.90 Å². The highest BCUT2D eigenvalue weighted by molar-refractivity contribution is 7.10. The first kappa shape index (κ1) is 18.3. The van der Waals surface area contributed by atoms with Crippen molar-refractivity contribution in [2.75, 3.05) is 6.79 Å². The second-order valence-electron chi connectivity index (χ2n) is 7.06. The second kappa shape index (κ2) is 7.28. The Morgan fingerprint density at radius 3 is 2.69 bits per heavy atom. The van der Waals surface area contributed by atoms with Gasteiger partial charge >= 0.3 is 0 Å². The van der Waals surface area contributed by atoms with Gasteiger partial charge in [0.1, 0.15) is 11.8 Å². The van der Waals surface area contributed by atoms with Crippen LogP contribution in [0.15, 0.2) is 53.9 Å². The summed E-state index contributed by atoms with van der Waals surface area (Å²) in [6, 6.07) is 14.8. The average Bonchev–Trinajstić information content (AvgIpc) is 3.36. The summed E-state index contributed by atoms with van der Waals surface area (Å²) in [5, 5.41) is 2.68. The van der Waals surface area contributed by atoms with Gasteiger partial charge < -0.3 is 19.1 Å². The Balaban J connectivity index is 1.41. The van der Waals surface area contributed by atoms with Crippen LogP contribution in [0.4, 0.5) is 0 Å². The standard InChI is InChI=1S/C22H18ClNO4S/c1-13-8-9-29-21(13)19-20(28-16-5-3-15(23)4-6-16)22(25)24(19)11-14-2-7-17-18(10-14)27-12-26-17/h2-10,19-20H,11-12H2,1H3. The maximum atomic E-state index is 13.0. The van der Waals surface area contributed by atoms with Crippen molar-refractivity contribution in [1.29, 1.82) is 0 Å². The van der Waals surface area contributed by atoms with E-state index in [1.807, 2.05) is 28.5 Å². The molecule has 7 heteroatoms. The number of amides is 1. The number of likely N-dealkylation sites (tertiary alicyclic amines) is 1. The fraction of sp³-hybridized carbons (Fsp3) is 0.227. The topological polar surface area (TPSA) is 48.0 Å². The number of aryl methyl sites for hydroxylation is 1. The van der Waals surface area contributed by atoms with Crippen molar-refractivity contribution in [3.63, 3.8) is 0 Å². The molecule has 0 saturated carbocycles. The van der Waals surface area contributed by atoms with Gasteiger partial charge in [-0.15, -0.1) is 11.3 Å². The monoisotopic (exact) mass is 427 g/mol. The third-order valence-corrected chi connectivity index (χ3v) is 6.53. The summed E-state index contributed by atoms with van der Waals surface area (Å²) >= 11 is 7.61. The SMILES string of the molecule is Cc1ccsc1C1C(Oc2ccc(Cl)cc2)C(=O)N1Cc1ccc2c(c1)OCO2. The molecule has 1 saturated heterocycles. The van der Waals surface area contributed by atoms with E-state index in [0.717, 1.165) is 21.8 Å². The molecule has 3 aromatic rings. The van der Waals surface area contributed by atoms with Gasteiger partial charge in [0.05, 0.1) is 0 Å². The van der Waals surface area contributed by atoms with Crippen LogP contribution in [0, 0.1) is 6.92 Å². The molecule has 0 bridgehead atoms. The number of ether oxygens (including phenoxy) is 3. The molecule has 0 aliphatic carbocycles. The third-order valence-electron chi connectivity index (χ3n) is 5.19. The summed E-state index contributed by atoms with van der Waals surface area (Å²) in [5.41, 5.74) is 2.15. The van der Waals surface area contributed by atoms with Crippen LogP contribution in [-0.2, 0) is 11.3 Å². The molecule has 2 aliphatic heterocycles. The number of hydrogen-bond acceptors (Lipinski definition) is 5. The number of nitrogens with zero attached hydrogens (tertiary/aromatic N) is 1. The van der Waals surface area contributed by atoms with E-state index in [1.165, 1.54) is 0 Å². The molecule has 3 heterocycles. The van der Waals surface area contributed by atoms with Gasteiger partial charge in [-0.25, -0.2) is 0 Å². The zero-order valence-corrected chi connectivity index (χ0v) is 17.2. The van der Waals surface area contributed by atoms with Crippen LogP contribution in [0.2, 0.25) is 5.02 Å². The van der Waals surface area contributed by atoms with E-state index in [2.05, 4.69) is 13.0 Å². The largest absolute Gasteiger partial charge is 0.478 e. The van der Waals surface area contributed by atoms with E-state index in [4.69, 9.17) is 25.8 Å². The van der Waals surface area contributed by atoms with Crippen molar-refractivity contribution in [2.24, 2.45) is 0 Å². The lowest BCUT2D eigenvalue weighted by Crippen LogP contribution is -2.60. The minimum Gasteiger partial charge on any atom is -0.478 e. The van der Waals surface area contributed by atoms with Crippen molar-refractivity contribution in [3.05, 3.63) is 74.9 Å². The molecule has 2 unspecified atom stereocenters. The zero-order chi connectivity index (χ0) is 20.0. The summed E-state index contributed by atoms with van der Waals surface area (Å²) in [5.74, 6) is 2.05. The Morgan fingerprint density at radius 2 is 1.93 bits per heavy atom. The average molecular weight is 428 g/mol. The Kier molecular flexibility index (Phi) is 4.60. The highest BCUT2D eigenvalue weighted by Crippen LogP contribution is 2.43. The minimum absolute atomic E-state index is 0.0320. The zero-order valence-electron chi connectivity index (χ0n) is 15.6. The predicted octanol–water partition coefficient (Wildman–Crippen LogP) is 4.97. The highest BCUT2D eigenvalue weighted by Gasteiger charge is 2.51. The smallest absolute Gasteiger partial charge is 0.267 e. The van der Waals surface area contributed by atoms with Gasteiger partial charge in [-0.3, -0.25) is 4.79 Å². The third kappa shape index (κ3) is 3.32. The van der Waals surface area contributed by atoms with Crippen molar-refractivity contribution >= 4 is 28.8 Å². The number of benzene rings is 2. The lowest BCUT2D eigenvalue weighted by Gasteiger charge is -2.46. The molecule has 0 spiro atoms.